The molecule has 2 N–H and O–H groups in total. The highest BCUT2D eigenvalue weighted by atomic mass is 35.5. The summed E-state index contributed by atoms with van der Waals surface area (Å²) in [6.45, 7) is 3.54. The predicted molar refractivity (Wildman–Crippen MR) is 122 cm³/mol. The third kappa shape index (κ3) is 5.83. The molecule has 3 rings (SSSR count). The molecule has 10 heteroatoms. The molecule has 1 fully saturated rings. The minimum absolute atomic E-state index is 0.0546. The van der Waals surface area contributed by atoms with E-state index in [9.17, 15) is 14.0 Å². The van der Waals surface area contributed by atoms with Crippen LogP contribution in [-0.4, -0.2) is 35.1 Å². The van der Waals surface area contributed by atoms with Crippen LogP contribution in [0.1, 0.15) is 24.5 Å². The van der Waals surface area contributed by atoms with Gasteiger partial charge in [0.1, 0.15) is 16.8 Å². The zero-order valence-corrected chi connectivity index (χ0v) is 18.6. The molecule has 162 valence electrons. The second kappa shape index (κ2) is 9.93. The van der Waals surface area contributed by atoms with Crippen molar-refractivity contribution >= 4 is 51.7 Å². The summed E-state index contributed by atoms with van der Waals surface area (Å²) in [5.74, 6) is -0.581. The van der Waals surface area contributed by atoms with Crippen molar-refractivity contribution < 1.29 is 18.7 Å². The molecule has 2 aromatic carbocycles. The van der Waals surface area contributed by atoms with Crippen molar-refractivity contribution in [2.45, 2.75) is 25.5 Å². The lowest BCUT2D eigenvalue weighted by Crippen LogP contribution is -2.28. The molecule has 1 heterocycles. The van der Waals surface area contributed by atoms with Crippen LogP contribution in [0.5, 0.6) is 5.75 Å². The van der Waals surface area contributed by atoms with E-state index >= 15 is 0 Å². The summed E-state index contributed by atoms with van der Waals surface area (Å²) >= 11 is 7.20. The number of benzene rings is 2. The first-order valence-corrected chi connectivity index (χ1v) is 10.5. The molecule has 0 unspecified atom stereocenters. The van der Waals surface area contributed by atoms with Gasteiger partial charge in [-0.05, 0) is 43.2 Å². The number of aryl methyl sites for hydroxylation is 1. The van der Waals surface area contributed by atoms with Gasteiger partial charge in [-0.1, -0.05) is 35.5 Å². The largest absolute Gasteiger partial charge is 0.495 e. The van der Waals surface area contributed by atoms with Crippen LogP contribution < -0.4 is 15.4 Å². The van der Waals surface area contributed by atoms with Crippen molar-refractivity contribution in [1.82, 2.24) is 5.32 Å². The number of ether oxygens (including phenoxy) is 1. The molecule has 7 nitrogen and oxygen atoms in total. The second-order valence-electron chi connectivity index (χ2n) is 6.75. The smallest absolute Gasteiger partial charge is 0.240 e. The molecule has 1 saturated heterocycles. The Labute approximate surface area is 188 Å². The third-order valence-corrected chi connectivity index (χ3v) is 5.93. The number of nitrogens with one attached hydrogen (secondary N) is 2. The highest BCUT2D eigenvalue weighted by molar-refractivity contribution is 8.15. The fourth-order valence-electron chi connectivity index (χ4n) is 2.76. The van der Waals surface area contributed by atoms with E-state index in [1.807, 2.05) is 6.92 Å². The van der Waals surface area contributed by atoms with E-state index in [1.54, 1.807) is 31.2 Å². The lowest BCUT2D eigenvalue weighted by Gasteiger charge is -2.13. The zero-order chi connectivity index (χ0) is 22.5. The Balaban J connectivity index is 1.63. The van der Waals surface area contributed by atoms with E-state index in [0.717, 1.165) is 17.3 Å². The van der Waals surface area contributed by atoms with Crippen molar-refractivity contribution in [2.24, 2.45) is 10.2 Å². The average molecular weight is 463 g/mol. The lowest BCUT2D eigenvalue weighted by molar-refractivity contribution is -0.122. The summed E-state index contributed by atoms with van der Waals surface area (Å²) in [4.78, 5) is 24.7. The van der Waals surface area contributed by atoms with Crippen molar-refractivity contribution in [3.8, 4) is 5.75 Å². The molecule has 0 spiro atoms. The maximum Gasteiger partial charge on any atom is 0.240 e. The van der Waals surface area contributed by atoms with Crippen LogP contribution in [0.2, 0.25) is 5.02 Å². The number of hydrogen-bond acceptors (Lipinski definition) is 6. The molecule has 2 amide bonds. The van der Waals surface area contributed by atoms with E-state index in [2.05, 4.69) is 20.8 Å². The number of hydrogen-bond donors (Lipinski definition) is 2. The number of rotatable bonds is 6. The van der Waals surface area contributed by atoms with Crippen molar-refractivity contribution in [3.63, 3.8) is 0 Å². The summed E-state index contributed by atoms with van der Waals surface area (Å²) < 4.78 is 18.3. The second-order valence-corrected chi connectivity index (χ2v) is 8.35. The molecule has 0 saturated carbocycles. The molecule has 31 heavy (non-hydrogen) atoms. The third-order valence-electron chi connectivity index (χ3n) is 4.45. The standard InChI is InChI=1S/C21H20ClFN4O3S/c1-11-8-16(17(30-3)9-15(11)22)24-19(28)10-18-20(29)25-21(31-18)27-26-12(2)13-4-6-14(23)7-5-13/h4-9,18H,10H2,1-3H3,(H,24,28)(H,25,27,29)/b26-12-/t18-/m0/s1. The first kappa shape index (κ1) is 22.8. The number of methoxy groups -OCH3 is 1. The van der Waals surface area contributed by atoms with Gasteiger partial charge in [-0.2, -0.15) is 5.10 Å². The molecule has 1 aliphatic rings. The van der Waals surface area contributed by atoms with Crippen molar-refractivity contribution in [1.29, 1.82) is 0 Å². The van der Waals surface area contributed by atoms with Gasteiger partial charge in [0.05, 0.1) is 18.5 Å². The summed E-state index contributed by atoms with van der Waals surface area (Å²) in [6, 6.07) is 9.18. The Morgan fingerprint density at radius 1 is 1.32 bits per heavy atom. The topological polar surface area (TPSA) is 92.2 Å². The van der Waals surface area contributed by atoms with Crippen LogP contribution in [0.3, 0.4) is 0 Å². The maximum atomic E-state index is 13.0. The van der Waals surface area contributed by atoms with Gasteiger partial charge in [-0.15, -0.1) is 5.10 Å². The molecule has 1 atom stereocenters. The predicted octanol–water partition coefficient (Wildman–Crippen LogP) is 4.14. The number of thioether (sulfide) groups is 1. The van der Waals surface area contributed by atoms with E-state index in [1.165, 1.54) is 19.2 Å². The Bertz CT molecular complexity index is 1070. The Hall–Kier alpha value is -2.91. The van der Waals surface area contributed by atoms with Crippen LogP contribution in [0, 0.1) is 12.7 Å². The van der Waals surface area contributed by atoms with E-state index < -0.39 is 5.25 Å². The van der Waals surface area contributed by atoms with Crippen molar-refractivity contribution in [3.05, 3.63) is 58.4 Å². The summed E-state index contributed by atoms with van der Waals surface area (Å²) in [6.07, 6.45) is -0.0546. The minimum Gasteiger partial charge on any atom is -0.495 e. The Morgan fingerprint density at radius 2 is 2.03 bits per heavy atom. The van der Waals surface area contributed by atoms with Gasteiger partial charge in [-0.3, -0.25) is 9.59 Å². The van der Waals surface area contributed by atoms with Gasteiger partial charge < -0.3 is 15.4 Å². The van der Waals surface area contributed by atoms with Gasteiger partial charge in [0, 0.05) is 17.5 Å². The van der Waals surface area contributed by atoms with Gasteiger partial charge >= 0.3 is 0 Å². The van der Waals surface area contributed by atoms with Gasteiger partial charge in [0.15, 0.2) is 5.17 Å². The van der Waals surface area contributed by atoms with Crippen LogP contribution in [0.4, 0.5) is 10.1 Å². The fraction of sp³-hybridized carbons (Fsp3) is 0.238. The number of halogens is 2. The van der Waals surface area contributed by atoms with Gasteiger partial charge in [0.25, 0.3) is 0 Å². The SMILES string of the molecule is COc1cc(Cl)c(C)cc1NC(=O)C[C@@H]1S/C(=N/N=C(/C)c2ccc(F)cc2)NC1=O. The highest BCUT2D eigenvalue weighted by Crippen LogP contribution is 2.31. The number of amides is 2. The quantitative estimate of drug-likeness (QED) is 0.498. The molecule has 0 radical (unpaired) electrons. The molecule has 0 bridgehead atoms. The Kier molecular flexibility index (Phi) is 7.29. The molecule has 0 aromatic heterocycles. The molecule has 1 aliphatic heterocycles. The van der Waals surface area contributed by atoms with Gasteiger partial charge in [-0.25, -0.2) is 4.39 Å². The fourth-order valence-corrected chi connectivity index (χ4v) is 3.83. The average Bonchev–Trinajstić information content (AvgIpc) is 3.08. The molecular formula is C21H20ClFN4O3S. The number of anilines is 1. The summed E-state index contributed by atoms with van der Waals surface area (Å²) in [5.41, 5.74) is 2.54. The monoisotopic (exact) mass is 462 g/mol. The first-order valence-electron chi connectivity index (χ1n) is 9.26. The van der Waals surface area contributed by atoms with E-state index in [4.69, 9.17) is 16.3 Å². The number of nitrogens with zero attached hydrogens (tertiary/aromatic N) is 2. The summed E-state index contributed by atoms with van der Waals surface area (Å²) in [5, 5.41) is 13.7. The first-order chi connectivity index (χ1) is 14.8. The molecular weight excluding hydrogens is 443 g/mol. The van der Waals surface area contributed by atoms with Crippen LogP contribution >= 0.6 is 23.4 Å². The number of amidine groups is 1. The van der Waals surface area contributed by atoms with Crippen LogP contribution in [0.15, 0.2) is 46.6 Å². The van der Waals surface area contributed by atoms with Crippen LogP contribution in [-0.2, 0) is 9.59 Å². The Morgan fingerprint density at radius 3 is 2.71 bits per heavy atom. The highest BCUT2D eigenvalue weighted by Gasteiger charge is 2.32. The maximum absolute atomic E-state index is 13.0. The van der Waals surface area contributed by atoms with Crippen LogP contribution in [0.25, 0.3) is 0 Å². The molecule has 0 aliphatic carbocycles. The van der Waals surface area contributed by atoms with Gasteiger partial charge in [0.2, 0.25) is 11.8 Å². The minimum atomic E-state index is -0.639. The number of carbonyl (C=O) groups is 2. The number of carbonyl (C=O) groups excluding carboxylic acids is 2. The van der Waals surface area contributed by atoms with Crippen molar-refractivity contribution in [2.75, 3.05) is 12.4 Å². The van der Waals surface area contributed by atoms with E-state index in [0.29, 0.717) is 32.9 Å². The normalized spacial score (nSPS) is 17.6. The van der Waals surface area contributed by atoms with E-state index in [-0.39, 0.29) is 24.1 Å². The molecule has 2 aromatic rings. The zero-order valence-electron chi connectivity index (χ0n) is 17.0. The summed E-state index contributed by atoms with van der Waals surface area (Å²) in [7, 11) is 1.48. The lowest BCUT2D eigenvalue weighted by atomic mass is 10.1.